The zero-order valence-electron chi connectivity index (χ0n) is 9.65. The van der Waals surface area contributed by atoms with Gasteiger partial charge in [-0.15, -0.1) is 0 Å². The first-order valence-electron chi connectivity index (χ1n) is 5.25. The molecule has 4 nitrogen and oxygen atoms in total. The highest BCUT2D eigenvalue weighted by atomic mass is 19.1. The lowest BCUT2D eigenvalue weighted by atomic mass is 9.98. The van der Waals surface area contributed by atoms with Gasteiger partial charge in [-0.1, -0.05) is 18.7 Å². The van der Waals surface area contributed by atoms with Crippen molar-refractivity contribution in [3.8, 4) is 0 Å². The van der Waals surface area contributed by atoms with E-state index in [1.54, 1.807) is 18.2 Å². The fourth-order valence-corrected chi connectivity index (χ4v) is 1.68. The fourth-order valence-electron chi connectivity index (χ4n) is 1.68. The van der Waals surface area contributed by atoms with Crippen molar-refractivity contribution < 1.29 is 4.39 Å². The van der Waals surface area contributed by atoms with E-state index in [2.05, 4.69) is 11.6 Å². The highest BCUT2D eigenvalue weighted by Gasteiger charge is 2.11. The molecule has 2 rings (SSSR count). The number of nitrogen functional groups attached to an aromatic ring is 3. The average Bonchev–Trinajstić information content (AvgIpc) is 2.33. The molecule has 6 N–H and O–H groups in total. The number of hydrogen-bond acceptors (Lipinski definition) is 4. The number of nitrogens with two attached hydrogens (primary N) is 3. The normalized spacial score (nSPS) is 10.3. The predicted molar refractivity (Wildman–Crippen MR) is 72.0 cm³/mol. The van der Waals surface area contributed by atoms with Crippen molar-refractivity contribution in [1.29, 1.82) is 0 Å². The first kappa shape index (κ1) is 11.9. The lowest BCUT2D eigenvalue weighted by Crippen LogP contribution is -2.05. The SMILES string of the molecule is C=C(c1cccc(F)c1)c1cc(N)nc(N)c1N. The van der Waals surface area contributed by atoms with E-state index in [4.69, 9.17) is 17.2 Å². The van der Waals surface area contributed by atoms with E-state index in [-0.39, 0.29) is 17.5 Å². The Labute approximate surface area is 104 Å². The third kappa shape index (κ3) is 2.10. The predicted octanol–water partition coefficient (Wildman–Crippen LogP) is 2.03. The first-order chi connectivity index (χ1) is 8.49. The van der Waals surface area contributed by atoms with Crippen LogP contribution < -0.4 is 17.2 Å². The molecule has 0 fully saturated rings. The second-order valence-electron chi connectivity index (χ2n) is 3.88. The minimum atomic E-state index is -0.345. The van der Waals surface area contributed by atoms with Crippen molar-refractivity contribution >= 4 is 22.9 Å². The molecule has 1 aromatic heterocycles. The van der Waals surface area contributed by atoms with E-state index in [1.165, 1.54) is 12.1 Å². The van der Waals surface area contributed by atoms with Crippen LogP contribution in [0.1, 0.15) is 11.1 Å². The van der Waals surface area contributed by atoms with Crippen molar-refractivity contribution in [2.75, 3.05) is 17.2 Å². The molecular weight excluding hydrogens is 231 g/mol. The lowest BCUT2D eigenvalue weighted by molar-refractivity contribution is 0.627. The number of nitrogens with zero attached hydrogens (tertiary/aromatic N) is 1. The molecule has 0 amide bonds. The summed E-state index contributed by atoms with van der Waals surface area (Å²) in [6.45, 7) is 3.89. The molecular formula is C13H13FN4. The van der Waals surface area contributed by atoms with Crippen molar-refractivity contribution in [3.63, 3.8) is 0 Å². The molecule has 0 aliphatic carbocycles. The molecule has 2 aromatic rings. The average molecular weight is 244 g/mol. The lowest BCUT2D eigenvalue weighted by Gasteiger charge is -2.11. The number of halogens is 1. The number of pyridine rings is 1. The maximum absolute atomic E-state index is 13.2. The number of hydrogen-bond donors (Lipinski definition) is 3. The molecule has 0 aliphatic rings. The molecule has 0 aliphatic heterocycles. The van der Waals surface area contributed by atoms with E-state index in [0.29, 0.717) is 22.4 Å². The van der Waals surface area contributed by atoms with Crippen LogP contribution in [0.2, 0.25) is 0 Å². The number of aromatic nitrogens is 1. The smallest absolute Gasteiger partial charge is 0.149 e. The van der Waals surface area contributed by atoms with Gasteiger partial charge in [-0.3, -0.25) is 0 Å². The molecule has 0 spiro atoms. The molecule has 18 heavy (non-hydrogen) atoms. The summed E-state index contributed by atoms with van der Waals surface area (Å²) < 4.78 is 13.2. The summed E-state index contributed by atoms with van der Waals surface area (Å²) in [6, 6.07) is 7.63. The van der Waals surface area contributed by atoms with Crippen LogP contribution in [0.4, 0.5) is 21.7 Å². The van der Waals surface area contributed by atoms with E-state index >= 15 is 0 Å². The number of benzene rings is 1. The first-order valence-corrected chi connectivity index (χ1v) is 5.25. The molecule has 0 saturated heterocycles. The van der Waals surface area contributed by atoms with Crippen LogP contribution in [0.3, 0.4) is 0 Å². The van der Waals surface area contributed by atoms with Gasteiger partial charge >= 0.3 is 0 Å². The van der Waals surface area contributed by atoms with Crippen LogP contribution in [0.25, 0.3) is 5.57 Å². The molecule has 0 bridgehead atoms. The zero-order valence-corrected chi connectivity index (χ0v) is 9.65. The van der Waals surface area contributed by atoms with Crippen molar-refractivity contribution in [1.82, 2.24) is 4.98 Å². The molecule has 0 atom stereocenters. The molecule has 0 radical (unpaired) electrons. The largest absolute Gasteiger partial charge is 0.395 e. The maximum Gasteiger partial charge on any atom is 0.149 e. The number of anilines is 3. The summed E-state index contributed by atoms with van der Waals surface area (Å²) in [7, 11) is 0. The van der Waals surface area contributed by atoms with E-state index in [9.17, 15) is 4.39 Å². The van der Waals surface area contributed by atoms with Gasteiger partial charge < -0.3 is 17.2 Å². The van der Waals surface area contributed by atoms with E-state index < -0.39 is 0 Å². The summed E-state index contributed by atoms with van der Waals surface area (Å²) >= 11 is 0. The maximum atomic E-state index is 13.2. The Morgan fingerprint density at radius 2 is 1.89 bits per heavy atom. The van der Waals surface area contributed by atoms with Crippen LogP contribution >= 0.6 is 0 Å². The summed E-state index contributed by atoms with van der Waals surface area (Å²) in [5, 5.41) is 0. The molecule has 1 heterocycles. The van der Waals surface area contributed by atoms with Gasteiger partial charge in [-0.25, -0.2) is 9.37 Å². The second-order valence-corrected chi connectivity index (χ2v) is 3.88. The third-order valence-corrected chi connectivity index (χ3v) is 2.61. The summed E-state index contributed by atoms with van der Waals surface area (Å²) in [6.07, 6.45) is 0. The highest BCUT2D eigenvalue weighted by Crippen LogP contribution is 2.30. The van der Waals surface area contributed by atoms with Gasteiger partial charge in [-0.2, -0.15) is 0 Å². The van der Waals surface area contributed by atoms with Crippen LogP contribution in [-0.2, 0) is 0 Å². The third-order valence-electron chi connectivity index (χ3n) is 2.61. The van der Waals surface area contributed by atoms with Crippen LogP contribution in [-0.4, -0.2) is 4.98 Å². The van der Waals surface area contributed by atoms with Gasteiger partial charge in [0.05, 0.1) is 5.69 Å². The standard InChI is InChI=1S/C13H13FN4/c1-7(8-3-2-4-9(14)5-8)10-6-11(15)18-13(17)12(10)16/h2-6H,1,16H2,(H4,15,17,18). The Bertz CT molecular complexity index is 622. The molecule has 0 unspecified atom stereocenters. The van der Waals surface area contributed by atoms with E-state index in [0.717, 1.165) is 0 Å². The zero-order chi connectivity index (χ0) is 13.3. The Balaban J connectivity index is 2.53. The minimum Gasteiger partial charge on any atom is -0.395 e. The fraction of sp³-hybridized carbons (Fsp3) is 0. The quantitative estimate of drug-likeness (QED) is 0.753. The van der Waals surface area contributed by atoms with Crippen molar-refractivity contribution in [2.45, 2.75) is 0 Å². The molecule has 0 saturated carbocycles. The Morgan fingerprint density at radius 1 is 1.17 bits per heavy atom. The van der Waals surface area contributed by atoms with Gasteiger partial charge in [0.15, 0.2) is 0 Å². The molecule has 5 heteroatoms. The van der Waals surface area contributed by atoms with Gasteiger partial charge in [0.1, 0.15) is 17.5 Å². The van der Waals surface area contributed by atoms with Gasteiger partial charge in [0.2, 0.25) is 0 Å². The van der Waals surface area contributed by atoms with Crippen LogP contribution in [0.5, 0.6) is 0 Å². The Kier molecular flexibility index (Phi) is 2.89. The summed E-state index contributed by atoms with van der Waals surface area (Å²) in [5.41, 5.74) is 19.1. The monoisotopic (exact) mass is 244 g/mol. The summed E-state index contributed by atoms with van der Waals surface area (Å²) in [4.78, 5) is 3.84. The topological polar surface area (TPSA) is 90.9 Å². The van der Waals surface area contributed by atoms with Crippen LogP contribution in [0, 0.1) is 5.82 Å². The van der Waals surface area contributed by atoms with Crippen molar-refractivity contribution in [3.05, 3.63) is 53.9 Å². The van der Waals surface area contributed by atoms with Gasteiger partial charge in [0, 0.05) is 5.56 Å². The minimum absolute atomic E-state index is 0.141. The second kappa shape index (κ2) is 4.37. The van der Waals surface area contributed by atoms with Gasteiger partial charge in [-0.05, 0) is 29.3 Å². The van der Waals surface area contributed by atoms with E-state index in [1.807, 2.05) is 0 Å². The molecule has 1 aromatic carbocycles. The Morgan fingerprint density at radius 3 is 2.56 bits per heavy atom. The highest BCUT2D eigenvalue weighted by molar-refractivity contribution is 5.88. The van der Waals surface area contributed by atoms with Crippen LogP contribution in [0.15, 0.2) is 36.9 Å². The number of rotatable bonds is 2. The summed E-state index contributed by atoms with van der Waals surface area (Å²) in [5.74, 6) is 0.0408. The van der Waals surface area contributed by atoms with Gasteiger partial charge in [0.25, 0.3) is 0 Å². The molecule has 92 valence electrons. The Hall–Kier alpha value is -2.56. The van der Waals surface area contributed by atoms with Crippen molar-refractivity contribution in [2.24, 2.45) is 0 Å².